The zero-order valence-electron chi connectivity index (χ0n) is 15.2. The Labute approximate surface area is 168 Å². The summed E-state index contributed by atoms with van der Waals surface area (Å²) in [5, 5.41) is 3.29. The molecule has 6 nitrogen and oxygen atoms in total. The van der Waals surface area contributed by atoms with Crippen molar-refractivity contribution in [3.8, 4) is 11.5 Å². The lowest BCUT2D eigenvalue weighted by Gasteiger charge is -2.18. The standard InChI is InChI=1S/C19H20Cl2N2O4/c1-23(11-17(24)22-19-13(20)5-4-6-14(19)21)18(25)10-12-7-8-15(26-2)16(9-12)27-3/h4-9H,10-11H2,1-3H3,(H,22,24). The molecule has 2 aromatic carbocycles. The van der Waals surface area contributed by atoms with Crippen LogP contribution >= 0.6 is 23.2 Å². The summed E-state index contributed by atoms with van der Waals surface area (Å²) < 4.78 is 10.4. The molecule has 144 valence electrons. The second-order valence-electron chi connectivity index (χ2n) is 5.76. The van der Waals surface area contributed by atoms with E-state index in [2.05, 4.69) is 5.32 Å². The maximum absolute atomic E-state index is 12.4. The molecule has 0 radical (unpaired) electrons. The normalized spacial score (nSPS) is 10.3. The first-order chi connectivity index (χ1) is 12.8. The molecule has 0 aromatic heterocycles. The van der Waals surface area contributed by atoms with Crippen LogP contribution in [0, 0.1) is 0 Å². The quantitative estimate of drug-likeness (QED) is 0.756. The van der Waals surface area contributed by atoms with Gasteiger partial charge in [0.05, 0.1) is 42.9 Å². The van der Waals surface area contributed by atoms with Crippen LogP contribution < -0.4 is 14.8 Å². The zero-order valence-corrected chi connectivity index (χ0v) is 16.7. The van der Waals surface area contributed by atoms with Crippen molar-refractivity contribution in [2.45, 2.75) is 6.42 Å². The lowest BCUT2D eigenvalue weighted by atomic mass is 10.1. The zero-order chi connectivity index (χ0) is 20.0. The maximum atomic E-state index is 12.4. The second-order valence-corrected chi connectivity index (χ2v) is 6.58. The topological polar surface area (TPSA) is 67.9 Å². The highest BCUT2D eigenvalue weighted by molar-refractivity contribution is 6.39. The number of carbonyl (C=O) groups is 2. The van der Waals surface area contributed by atoms with Crippen molar-refractivity contribution < 1.29 is 19.1 Å². The van der Waals surface area contributed by atoms with Gasteiger partial charge in [0, 0.05) is 7.05 Å². The molecule has 0 spiro atoms. The monoisotopic (exact) mass is 410 g/mol. The summed E-state index contributed by atoms with van der Waals surface area (Å²) in [5.41, 5.74) is 1.07. The number of likely N-dealkylation sites (N-methyl/N-ethyl adjacent to an activating group) is 1. The predicted octanol–water partition coefficient (Wildman–Crippen LogP) is 3.65. The van der Waals surface area contributed by atoms with Gasteiger partial charge in [-0.05, 0) is 29.8 Å². The Morgan fingerprint density at radius 1 is 1.04 bits per heavy atom. The molecule has 2 rings (SSSR count). The molecule has 0 fully saturated rings. The minimum absolute atomic E-state index is 0.122. The first-order valence-electron chi connectivity index (χ1n) is 8.04. The molecule has 0 saturated carbocycles. The first-order valence-corrected chi connectivity index (χ1v) is 8.80. The molecule has 27 heavy (non-hydrogen) atoms. The van der Waals surface area contributed by atoms with Crippen molar-refractivity contribution in [2.75, 3.05) is 33.1 Å². The molecule has 0 aliphatic rings. The van der Waals surface area contributed by atoms with E-state index in [1.165, 1.54) is 12.0 Å². The fourth-order valence-electron chi connectivity index (χ4n) is 2.40. The van der Waals surface area contributed by atoms with Crippen molar-refractivity contribution in [2.24, 2.45) is 0 Å². The molecule has 0 unspecified atom stereocenters. The fourth-order valence-corrected chi connectivity index (χ4v) is 2.89. The number of halogens is 2. The summed E-state index contributed by atoms with van der Waals surface area (Å²) in [4.78, 5) is 25.9. The molecule has 8 heteroatoms. The number of anilines is 1. The molecule has 2 aromatic rings. The van der Waals surface area contributed by atoms with Crippen molar-refractivity contribution in [3.63, 3.8) is 0 Å². The Balaban J connectivity index is 1.98. The number of hydrogen-bond acceptors (Lipinski definition) is 4. The van der Waals surface area contributed by atoms with Crippen LogP contribution in [0.5, 0.6) is 11.5 Å². The highest BCUT2D eigenvalue weighted by Crippen LogP contribution is 2.30. The van der Waals surface area contributed by atoms with Gasteiger partial charge in [-0.3, -0.25) is 9.59 Å². The van der Waals surface area contributed by atoms with Gasteiger partial charge in [-0.2, -0.15) is 0 Å². The van der Waals surface area contributed by atoms with Gasteiger partial charge in [0.25, 0.3) is 0 Å². The number of carbonyl (C=O) groups excluding carboxylic acids is 2. The van der Waals surface area contributed by atoms with E-state index in [0.29, 0.717) is 27.2 Å². The van der Waals surface area contributed by atoms with Crippen LogP contribution in [0.4, 0.5) is 5.69 Å². The average molecular weight is 411 g/mol. The number of ether oxygens (including phenoxy) is 2. The number of amides is 2. The van der Waals surface area contributed by atoms with E-state index in [0.717, 1.165) is 5.56 Å². The van der Waals surface area contributed by atoms with E-state index in [9.17, 15) is 9.59 Å². The molecule has 0 saturated heterocycles. The summed E-state index contributed by atoms with van der Waals surface area (Å²) in [7, 11) is 4.62. The van der Waals surface area contributed by atoms with E-state index in [4.69, 9.17) is 32.7 Å². The van der Waals surface area contributed by atoms with Crippen LogP contribution in [-0.4, -0.2) is 44.5 Å². The molecule has 0 atom stereocenters. The van der Waals surface area contributed by atoms with Crippen LogP contribution in [0.1, 0.15) is 5.56 Å². The highest BCUT2D eigenvalue weighted by atomic mass is 35.5. The molecule has 0 aliphatic heterocycles. The summed E-state index contributed by atoms with van der Waals surface area (Å²) in [6, 6.07) is 10.2. The Bertz CT molecular complexity index is 822. The third kappa shape index (κ3) is 5.52. The number of methoxy groups -OCH3 is 2. The van der Waals surface area contributed by atoms with Crippen molar-refractivity contribution >= 4 is 40.7 Å². The van der Waals surface area contributed by atoms with Crippen LogP contribution in [0.15, 0.2) is 36.4 Å². The largest absolute Gasteiger partial charge is 0.493 e. The minimum Gasteiger partial charge on any atom is -0.493 e. The van der Waals surface area contributed by atoms with Crippen LogP contribution in [0.3, 0.4) is 0 Å². The summed E-state index contributed by atoms with van der Waals surface area (Å²) in [6.45, 7) is -0.131. The van der Waals surface area contributed by atoms with Gasteiger partial charge < -0.3 is 19.7 Å². The Hall–Kier alpha value is -2.44. The minimum atomic E-state index is -0.395. The van der Waals surface area contributed by atoms with Crippen LogP contribution in [-0.2, 0) is 16.0 Å². The van der Waals surface area contributed by atoms with E-state index >= 15 is 0 Å². The third-order valence-corrected chi connectivity index (χ3v) is 4.47. The fraction of sp³-hybridized carbons (Fsp3) is 0.263. The molecule has 0 aliphatic carbocycles. The van der Waals surface area contributed by atoms with Gasteiger partial charge in [0.1, 0.15) is 0 Å². The smallest absolute Gasteiger partial charge is 0.244 e. The average Bonchev–Trinajstić information content (AvgIpc) is 2.64. The summed E-state index contributed by atoms with van der Waals surface area (Å²) >= 11 is 12.1. The number of benzene rings is 2. The summed E-state index contributed by atoms with van der Waals surface area (Å²) in [5.74, 6) is 0.505. The van der Waals surface area contributed by atoms with Gasteiger partial charge in [0.15, 0.2) is 11.5 Å². The lowest BCUT2D eigenvalue weighted by molar-refractivity contribution is -0.132. The van der Waals surface area contributed by atoms with Gasteiger partial charge >= 0.3 is 0 Å². The molecule has 2 amide bonds. The predicted molar refractivity (Wildman–Crippen MR) is 106 cm³/mol. The second kappa shape index (κ2) is 9.48. The van der Waals surface area contributed by atoms with Gasteiger partial charge in [-0.15, -0.1) is 0 Å². The Kier molecular flexibility index (Phi) is 7.33. The number of rotatable bonds is 7. The molecule has 1 N–H and O–H groups in total. The van der Waals surface area contributed by atoms with E-state index in [1.807, 2.05) is 0 Å². The number of nitrogens with one attached hydrogen (secondary N) is 1. The number of hydrogen-bond donors (Lipinski definition) is 1. The van der Waals surface area contributed by atoms with Crippen molar-refractivity contribution in [1.82, 2.24) is 4.90 Å². The number of nitrogens with zero attached hydrogens (tertiary/aromatic N) is 1. The van der Waals surface area contributed by atoms with Gasteiger partial charge in [0.2, 0.25) is 11.8 Å². The molecule has 0 heterocycles. The third-order valence-electron chi connectivity index (χ3n) is 3.84. The van der Waals surface area contributed by atoms with E-state index in [1.54, 1.807) is 50.6 Å². The Morgan fingerprint density at radius 3 is 2.26 bits per heavy atom. The van der Waals surface area contributed by atoms with Crippen LogP contribution in [0.2, 0.25) is 10.0 Å². The molecule has 0 bridgehead atoms. The highest BCUT2D eigenvalue weighted by Gasteiger charge is 2.16. The van der Waals surface area contributed by atoms with Crippen molar-refractivity contribution in [1.29, 1.82) is 0 Å². The van der Waals surface area contributed by atoms with Crippen LogP contribution in [0.25, 0.3) is 0 Å². The molecular formula is C19H20Cl2N2O4. The Morgan fingerprint density at radius 2 is 1.67 bits per heavy atom. The van der Waals surface area contributed by atoms with Gasteiger partial charge in [-0.1, -0.05) is 35.3 Å². The SMILES string of the molecule is COc1ccc(CC(=O)N(C)CC(=O)Nc2c(Cl)cccc2Cl)cc1OC. The van der Waals surface area contributed by atoms with E-state index in [-0.39, 0.29) is 18.9 Å². The first kappa shape index (κ1) is 20.9. The van der Waals surface area contributed by atoms with Crippen molar-refractivity contribution in [3.05, 3.63) is 52.0 Å². The summed E-state index contributed by atoms with van der Waals surface area (Å²) in [6.07, 6.45) is 0.122. The molecular weight excluding hydrogens is 391 g/mol. The maximum Gasteiger partial charge on any atom is 0.244 e. The lowest BCUT2D eigenvalue weighted by Crippen LogP contribution is -2.35. The van der Waals surface area contributed by atoms with Gasteiger partial charge in [-0.25, -0.2) is 0 Å². The number of para-hydroxylation sites is 1. The van der Waals surface area contributed by atoms with E-state index < -0.39 is 5.91 Å².